The highest BCUT2D eigenvalue weighted by Gasteiger charge is 2.09. The summed E-state index contributed by atoms with van der Waals surface area (Å²) in [5.74, 6) is -0.378. The second-order valence-electron chi connectivity index (χ2n) is 5.00. The zero-order valence-corrected chi connectivity index (χ0v) is 12.4. The number of aryl methyl sites for hydroxylation is 1. The summed E-state index contributed by atoms with van der Waals surface area (Å²) in [6.45, 7) is 3.43. The van der Waals surface area contributed by atoms with Crippen molar-refractivity contribution >= 4 is 11.8 Å². The number of rotatable bonds is 7. The summed E-state index contributed by atoms with van der Waals surface area (Å²) in [7, 11) is 3.98. The van der Waals surface area contributed by atoms with Crippen molar-refractivity contribution in [2.45, 2.75) is 13.3 Å². The van der Waals surface area contributed by atoms with Crippen molar-refractivity contribution in [2.24, 2.45) is 0 Å². The first-order valence-electron chi connectivity index (χ1n) is 6.76. The van der Waals surface area contributed by atoms with Crippen molar-refractivity contribution in [1.29, 1.82) is 0 Å². The van der Waals surface area contributed by atoms with Crippen LogP contribution in [-0.2, 0) is 4.79 Å². The Morgan fingerprint density at radius 2 is 1.85 bits per heavy atom. The van der Waals surface area contributed by atoms with Crippen LogP contribution in [-0.4, -0.2) is 50.4 Å². The second kappa shape index (κ2) is 8.32. The monoisotopic (exact) mass is 277 g/mol. The van der Waals surface area contributed by atoms with Crippen molar-refractivity contribution in [2.75, 3.05) is 33.7 Å². The molecule has 0 heterocycles. The standard InChI is InChI=1S/C15H23N3O2/c1-12-7-4-5-8-13(12)15(20)17-11-14(19)16-9-6-10-18(2)3/h4-5,7-8H,6,9-11H2,1-3H3,(H,16,19)(H,17,20). The summed E-state index contributed by atoms with van der Waals surface area (Å²) in [6, 6.07) is 7.31. The Kier molecular flexibility index (Phi) is 6.73. The molecular formula is C15H23N3O2. The van der Waals surface area contributed by atoms with Crippen molar-refractivity contribution in [3.8, 4) is 0 Å². The van der Waals surface area contributed by atoms with Gasteiger partial charge in [0, 0.05) is 12.1 Å². The fraction of sp³-hybridized carbons (Fsp3) is 0.467. The van der Waals surface area contributed by atoms with E-state index in [1.54, 1.807) is 6.07 Å². The van der Waals surface area contributed by atoms with Crippen LogP contribution in [0.5, 0.6) is 0 Å². The molecule has 0 saturated carbocycles. The zero-order valence-electron chi connectivity index (χ0n) is 12.4. The molecule has 1 aromatic rings. The summed E-state index contributed by atoms with van der Waals surface area (Å²) in [6.07, 6.45) is 0.893. The molecule has 1 rings (SSSR count). The lowest BCUT2D eigenvalue weighted by atomic mass is 10.1. The molecule has 2 amide bonds. The molecule has 0 fully saturated rings. The maximum atomic E-state index is 11.9. The Balaban J connectivity index is 2.27. The Hall–Kier alpha value is -1.88. The minimum atomic E-state index is -0.216. The summed E-state index contributed by atoms with van der Waals surface area (Å²) >= 11 is 0. The molecule has 0 aromatic heterocycles. The number of benzene rings is 1. The van der Waals surface area contributed by atoms with E-state index in [1.165, 1.54) is 0 Å². The van der Waals surface area contributed by atoms with Gasteiger partial charge in [0.2, 0.25) is 5.91 Å². The van der Waals surface area contributed by atoms with Crippen LogP contribution < -0.4 is 10.6 Å². The molecule has 2 N–H and O–H groups in total. The summed E-state index contributed by atoms with van der Waals surface area (Å²) in [4.78, 5) is 25.5. The van der Waals surface area contributed by atoms with Gasteiger partial charge < -0.3 is 15.5 Å². The van der Waals surface area contributed by atoms with E-state index in [9.17, 15) is 9.59 Å². The molecule has 0 spiro atoms. The fourth-order valence-corrected chi connectivity index (χ4v) is 1.77. The number of nitrogens with one attached hydrogen (secondary N) is 2. The molecule has 110 valence electrons. The Labute approximate surface area is 120 Å². The van der Waals surface area contributed by atoms with Gasteiger partial charge in [0.15, 0.2) is 0 Å². The smallest absolute Gasteiger partial charge is 0.251 e. The number of carbonyl (C=O) groups is 2. The minimum absolute atomic E-state index is 0.00906. The van der Waals surface area contributed by atoms with Gasteiger partial charge in [-0.2, -0.15) is 0 Å². The average Bonchev–Trinajstić information content (AvgIpc) is 2.41. The van der Waals surface area contributed by atoms with Crippen molar-refractivity contribution in [1.82, 2.24) is 15.5 Å². The Morgan fingerprint density at radius 3 is 2.50 bits per heavy atom. The van der Waals surface area contributed by atoms with E-state index in [-0.39, 0.29) is 18.4 Å². The lowest BCUT2D eigenvalue weighted by molar-refractivity contribution is -0.120. The first-order chi connectivity index (χ1) is 9.50. The van der Waals surface area contributed by atoms with Gasteiger partial charge in [-0.05, 0) is 45.6 Å². The van der Waals surface area contributed by atoms with Gasteiger partial charge in [0.25, 0.3) is 5.91 Å². The van der Waals surface area contributed by atoms with Crippen molar-refractivity contribution in [3.05, 3.63) is 35.4 Å². The molecule has 0 saturated heterocycles. The van der Waals surface area contributed by atoms with Crippen molar-refractivity contribution < 1.29 is 9.59 Å². The van der Waals surface area contributed by atoms with Gasteiger partial charge >= 0.3 is 0 Å². The number of nitrogens with zero attached hydrogens (tertiary/aromatic N) is 1. The normalized spacial score (nSPS) is 10.4. The Morgan fingerprint density at radius 1 is 1.15 bits per heavy atom. The third kappa shape index (κ3) is 5.84. The molecular weight excluding hydrogens is 254 g/mol. The number of amides is 2. The lowest BCUT2D eigenvalue weighted by Crippen LogP contribution is -2.38. The quantitative estimate of drug-likeness (QED) is 0.725. The van der Waals surface area contributed by atoms with Crippen LogP contribution in [0.1, 0.15) is 22.3 Å². The first kappa shape index (κ1) is 16.2. The maximum absolute atomic E-state index is 11.9. The van der Waals surface area contributed by atoms with Gasteiger partial charge in [-0.1, -0.05) is 18.2 Å². The molecule has 0 radical (unpaired) electrons. The molecule has 20 heavy (non-hydrogen) atoms. The highest BCUT2D eigenvalue weighted by Crippen LogP contribution is 2.05. The van der Waals surface area contributed by atoms with Gasteiger partial charge in [0.05, 0.1) is 6.54 Å². The molecule has 0 atom stereocenters. The molecule has 5 heteroatoms. The molecule has 5 nitrogen and oxygen atoms in total. The third-order valence-electron chi connectivity index (χ3n) is 2.90. The van der Waals surface area contributed by atoms with Crippen LogP contribution in [0.3, 0.4) is 0 Å². The van der Waals surface area contributed by atoms with E-state index in [0.29, 0.717) is 12.1 Å². The van der Waals surface area contributed by atoms with Crippen molar-refractivity contribution in [3.63, 3.8) is 0 Å². The summed E-state index contributed by atoms with van der Waals surface area (Å²) in [5, 5.41) is 5.41. The van der Waals surface area contributed by atoms with Crippen LogP contribution in [0.4, 0.5) is 0 Å². The Bertz CT molecular complexity index is 458. The third-order valence-corrected chi connectivity index (χ3v) is 2.90. The summed E-state index contributed by atoms with van der Waals surface area (Å²) < 4.78 is 0. The number of hydrogen-bond acceptors (Lipinski definition) is 3. The predicted octanol–water partition coefficient (Wildman–Crippen LogP) is 0.793. The SMILES string of the molecule is Cc1ccccc1C(=O)NCC(=O)NCCCN(C)C. The van der Waals surface area contributed by atoms with E-state index in [2.05, 4.69) is 15.5 Å². The van der Waals surface area contributed by atoms with E-state index < -0.39 is 0 Å². The maximum Gasteiger partial charge on any atom is 0.251 e. The second-order valence-corrected chi connectivity index (χ2v) is 5.00. The molecule has 0 aliphatic rings. The number of carbonyl (C=O) groups excluding carboxylic acids is 2. The molecule has 0 unspecified atom stereocenters. The van der Waals surface area contributed by atoms with E-state index in [4.69, 9.17) is 0 Å². The molecule has 0 bridgehead atoms. The van der Waals surface area contributed by atoms with Gasteiger partial charge in [0.1, 0.15) is 0 Å². The fourth-order valence-electron chi connectivity index (χ4n) is 1.77. The highest BCUT2D eigenvalue weighted by atomic mass is 16.2. The lowest BCUT2D eigenvalue weighted by Gasteiger charge is -2.10. The molecule has 0 aliphatic carbocycles. The predicted molar refractivity (Wildman–Crippen MR) is 79.7 cm³/mol. The van der Waals surface area contributed by atoms with Crippen LogP contribution in [0, 0.1) is 6.92 Å². The minimum Gasteiger partial charge on any atom is -0.355 e. The van der Waals surface area contributed by atoms with Crippen LogP contribution in [0.25, 0.3) is 0 Å². The van der Waals surface area contributed by atoms with Crippen LogP contribution in [0.15, 0.2) is 24.3 Å². The zero-order chi connectivity index (χ0) is 15.0. The average molecular weight is 277 g/mol. The van der Waals surface area contributed by atoms with E-state index >= 15 is 0 Å². The van der Waals surface area contributed by atoms with E-state index in [1.807, 2.05) is 39.2 Å². The molecule has 0 aliphatic heterocycles. The number of hydrogen-bond donors (Lipinski definition) is 2. The van der Waals surface area contributed by atoms with Gasteiger partial charge in [-0.25, -0.2) is 0 Å². The topological polar surface area (TPSA) is 61.4 Å². The largest absolute Gasteiger partial charge is 0.355 e. The molecule has 1 aromatic carbocycles. The van der Waals surface area contributed by atoms with Gasteiger partial charge in [-0.3, -0.25) is 9.59 Å². The van der Waals surface area contributed by atoms with E-state index in [0.717, 1.165) is 18.5 Å². The summed E-state index contributed by atoms with van der Waals surface area (Å²) in [5.41, 5.74) is 1.50. The van der Waals surface area contributed by atoms with Crippen LogP contribution >= 0.6 is 0 Å². The van der Waals surface area contributed by atoms with Crippen LogP contribution in [0.2, 0.25) is 0 Å². The van der Waals surface area contributed by atoms with Gasteiger partial charge in [-0.15, -0.1) is 0 Å². The first-order valence-corrected chi connectivity index (χ1v) is 6.76. The highest BCUT2D eigenvalue weighted by molar-refractivity contribution is 5.97.